The first kappa shape index (κ1) is 32.4. The molecular weight excluding hydrogens is 709 g/mol. The highest BCUT2D eigenvalue weighted by Crippen LogP contribution is 2.41. The van der Waals surface area contributed by atoms with Gasteiger partial charge in [-0.2, -0.15) is 0 Å². The minimum atomic E-state index is 1.09. The highest BCUT2D eigenvalue weighted by molar-refractivity contribution is 7.14. The lowest BCUT2D eigenvalue weighted by Crippen LogP contribution is -2.12. The van der Waals surface area contributed by atoms with Crippen LogP contribution in [-0.4, -0.2) is 0 Å². The Morgan fingerprint density at radius 1 is 0.231 bits per heavy atom. The summed E-state index contributed by atoms with van der Waals surface area (Å²) in [6.07, 6.45) is 0. The fourth-order valence-electron chi connectivity index (χ4n) is 6.52. The molecule has 250 valence electrons. The summed E-state index contributed by atoms with van der Waals surface area (Å²) < 4.78 is 0. The van der Waals surface area contributed by atoms with E-state index in [0.29, 0.717) is 0 Å². The van der Waals surface area contributed by atoms with E-state index in [-0.39, 0.29) is 0 Å². The summed E-state index contributed by atoms with van der Waals surface area (Å²) in [5, 5.41) is 8.52. The molecule has 0 saturated carbocycles. The Hall–Kier alpha value is -5.50. The molecule has 0 bridgehead atoms. The van der Waals surface area contributed by atoms with Crippen molar-refractivity contribution < 1.29 is 0 Å². The van der Waals surface area contributed by atoms with Gasteiger partial charge in [0, 0.05) is 53.6 Å². The zero-order valence-corrected chi connectivity index (χ0v) is 31.3. The number of rotatable bonds is 10. The average molecular weight is 741 g/mol. The molecule has 0 aliphatic heterocycles. The van der Waals surface area contributed by atoms with Crippen LogP contribution in [0, 0.1) is 0 Å². The van der Waals surface area contributed by atoms with Gasteiger partial charge in [-0.25, -0.2) is 0 Å². The van der Waals surface area contributed by atoms with Gasteiger partial charge in [-0.05, 0) is 141 Å². The lowest BCUT2D eigenvalue weighted by molar-refractivity contribution is 1.26. The van der Waals surface area contributed by atoms with Gasteiger partial charge in [0.15, 0.2) is 0 Å². The summed E-state index contributed by atoms with van der Waals surface area (Å²) in [5.41, 5.74) is 11.6. The minimum absolute atomic E-state index is 1.09. The van der Waals surface area contributed by atoms with Crippen LogP contribution in [0.1, 0.15) is 0 Å². The Morgan fingerprint density at radius 2 is 0.423 bits per heavy atom. The Balaban J connectivity index is 1.09. The first-order valence-corrected chi connectivity index (χ1v) is 20.5. The Morgan fingerprint density at radius 3 is 0.596 bits per heavy atom. The van der Waals surface area contributed by atoms with Crippen molar-refractivity contribution >= 4 is 79.5 Å². The van der Waals surface area contributed by atoms with Crippen molar-refractivity contribution in [1.82, 2.24) is 0 Å². The molecule has 9 rings (SSSR count). The van der Waals surface area contributed by atoms with E-state index in [9.17, 15) is 0 Å². The summed E-state index contributed by atoms with van der Waals surface area (Å²) in [6.45, 7) is 0. The summed E-state index contributed by atoms with van der Waals surface area (Å²) in [6, 6.07) is 61.7. The van der Waals surface area contributed by atoms with Gasteiger partial charge in [-0.15, -0.1) is 45.3 Å². The molecule has 52 heavy (non-hydrogen) atoms. The number of nitrogens with zero attached hydrogens (tertiary/aromatic N) is 2. The number of benzene rings is 5. The van der Waals surface area contributed by atoms with Crippen molar-refractivity contribution in [2.75, 3.05) is 9.80 Å². The molecule has 0 radical (unpaired) electrons. The molecule has 0 saturated heterocycles. The molecule has 0 unspecified atom stereocenters. The molecule has 9 aromatic rings. The second-order valence-electron chi connectivity index (χ2n) is 12.3. The monoisotopic (exact) mass is 740 g/mol. The maximum atomic E-state index is 2.34. The zero-order valence-electron chi connectivity index (χ0n) is 28.0. The highest BCUT2D eigenvalue weighted by Gasteiger charge is 2.17. The van der Waals surface area contributed by atoms with E-state index in [1.54, 1.807) is 45.3 Å². The van der Waals surface area contributed by atoms with E-state index >= 15 is 0 Å². The number of anilines is 6. The van der Waals surface area contributed by atoms with Crippen molar-refractivity contribution in [2.45, 2.75) is 0 Å². The molecular formula is C46H32N2S4. The number of hydrogen-bond donors (Lipinski definition) is 0. The van der Waals surface area contributed by atoms with Gasteiger partial charge in [-0.3, -0.25) is 0 Å². The van der Waals surface area contributed by atoms with Gasteiger partial charge in [0.25, 0.3) is 0 Å². The summed E-state index contributed by atoms with van der Waals surface area (Å²) >= 11 is 7.07. The largest absolute Gasteiger partial charge is 0.311 e. The van der Waals surface area contributed by atoms with Crippen LogP contribution in [0.4, 0.5) is 34.1 Å². The minimum Gasteiger partial charge on any atom is -0.311 e. The third-order valence-electron chi connectivity index (χ3n) is 9.09. The fourth-order valence-corrected chi connectivity index (χ4v) is 9.45. The maximum absolute atomic E-state index is 2.34. The topological polar surface area (TPSA) is 6.48 Å². The van der Waals surface area contributed by atoms with Crippen LogP contribution < -0.4 is 9.80 Å². The van der Waals surface area contributed by atoms with Crippen LogP contribution in [-0.2, 0) is 0 Å². The summed E-state index contributed by atoms with van der Waals surface area (Å²) in [4.78, 5) is 9.78. The van der Waals surface area contributed by atoms with Crippen LogP contribution >= 0.6 is 45.3 Å². The van der Waals surface area contributed by atoms with Gasteiger partial charge >= 0.3 is 0 Å². The number of hydrogen-bond acceptors (Lipinski definition) is 6. The molecule has 0 spiro atoms. The van der Waals surface area contributed by atoms with Crippen molar-refractivity contribution in [3.63, 3.8) is 0 Å². The Labute approximate surface area is 320 Å². The third-order valence-corrected chi connectivity index (χ3v) is 12.8. The first-order chi connectivity index (χ1) is 25.8. The molecule has 4 heterocycles. The summed E-state index contributed by atoms with van der Waals surface area (Å²) in [7, 11) is 0. The quantitative estimate of drug-likeness (QED) is 0.138. The van der Waals surface area contributed by atoms with Crippen LogP contribution in [0.3, 0.4) is 0 Å². The second kappa shape index (κ2) is 14.6. The summed E-state index contributed by atoms with van der Waals surface area (Å²) in [5.74, 6) is 0. The lowest BCUT2D eigenvalue weighted by atomic mass is 10.1. The SMILES string of the molecule is c1csc(-c2ccc(N(c3ccc(-c4cccs4)cc3)c3ccc(N(c4ccc(-c5cccs5)cc4)c4ccc(-c5cccs5)cc4)cc3)cc2)c1. The van der Waals surface area contributed by atoms with Crippen molar-refractivity contribution in [3.05, 3.63) is 191 Å². The smallest absolute Gasteiger partial charge is 0.0463 e. The van der Waals surface area contributed by atoms with Gasteiger partial charge in [0.2, 0.25) is 0 Å². The molecule has 0 fully saturated rings. The maximum Gasteiger partial charge on any atom is 0.0463 e. The molecule has 2 nitrogen and oxygen atoms in total. The van der Waals surface area contributed by atoms with E-state index in [1.165, 1.54) is 41.8 Å². The predicted octanol–water partition coefficient (Wildman–Crippen LogP) is 15.5. The lowest BCUT2D eigenvalue weighted by Gasteiger charge is -2.28. The average Bonchev–Trinajstić information content (AvgIpc) is 4.06. The van der Waals surface area contributed by atoms with Gasteiger partial charge < -0.3 is 9.80 Å². The predicted molar refractivity (Wildman–Crippen MR) is 229 cm³/mol. The van der Waals surface area contributed by atoms with E-state index in [1.807, 2.05) is 0 Å². The molecule has 0 atom stereocenters. The zero-order chi connectivity index (χ0) is 34.7. The van der Waals surface area contributed by atoms with E-state index in [2.05, 4.69) is 201 Å². The van der Waals surface area contributed by atoms with Crippen molar-refractivity contribution in [1.29, 1.82) is 0 Å². The number of thiophene rings is 4. The second-order valence-corrected chi connectivity index (χ2v) is 16.1. The van der Waals surface area contributed by atoms with E-state index in [0.717, 1.165) is 34.1 Å². The van der Waals surface area contributed by atoms with Gasteiger partial charge in [0.05, 0.1) is 0 Å². The highest BCUT2D eigenvalue weighted by atomic mass is 32.1. The van der Waals surface area contributed by atoms with E-state index < -0.39 is 0 Å². The molecule has 0 amide bonds. The van der Waals surface area contributed by atoms with Crippen LogP contribution in [0.2, 0.25) is 0 Å². The van der Waals surface area contributed by atoms with E-state index in [4.69, 9.17) is 0 Å². The van der Waals surface area contributed by atoms with Crippen molar-refractivity contribution in [3.8, 4) is 41.8 Å². The third kappa shape index (κ3) is 6.65. The van der Waals surface area contributed by atoms with Gasteiger partial charge in [0.1, 0.15) is 0 Å². The standard InChI is InChI=1S/C46H32N2S4/c1-5-43(49-29-1)33-9-17-37(18-10-33)47(38-19-11-34(12-20-38)44-6-2-30-50-44)41-25-27-42(28-26-41)48(39-21-13-35(14-22-39)45-7-3-31-51-45)40-23-15-36(16-24-40)46-8-4-32-52-46/h1-32H. The van der Waals surface area contributed by atoms with Crippen LogP contribution in [0.25, 0.3) is 41.8 Å². The van der Waals surface area contributed by atoms with Gasteiger partial charge in [-0.1, -0.05) is 72.8 Å². The Bertz CT molecular complexity index is 2110. The molecule has 0 aliphatic carbocycles. The first-order valence-electron chi connectivity index (χ1n) is 17.0. The molecule has 6 heteroatoms. The molecule has 5 aromatic carbocycles. The Kier molecular flexibility index (Phi) is 9.11. The fraction of sp³-hybridized carbons (Fsp3) is 0. The van der Waals surface area contributed by atoms with Crippen LogP contribution in [0.15, 0.2) is 191 Å². The van der Waals surface area contributed by atoms with Crippen molar-refractivity contribution in [2.24, 2.45) is 0 Å². The molecule has 0 aliphatic rings. The molecule has 0 N–H and O–H groups in total. The molecule has 4 aromatic heterocycles. The van der Waals surface area contributed by atoms with Crippen LogP contribution in [0.5, 0.6) is 0 Å². The normalized spacial score (nSPS) is 11.1.